The Morgan fingerprint density at radius 2 is 1.75 bits per heavy atom. The van der Waals surface area contributed by atoms with E-state index in [0.29, 0.717) is 10.1 Å². The first-order chi connectivity index (χ1) is 9.40. The van der Waals surface area contributed by atoms with E-state index in [1.54, 1.807) is 12.1 Å². The van der Waals surface area contributed by atoms with Crippen LogP contribution in [0, 0.1) is 0 Å². The molecule has 1 aliphatic rings. The summed E-state index contributed by atoms with van der Waals surface area (Å²) in [7, 11) is 0. The molecule has 1 fully saturated rings. The molecule has 1 saturated heterocycles. The number of hydrogen-bond acceptors (Lipinski definition) is 4. The Balaban J connectivity index is 2.06. The number of amides is 1. The van der Waals surface area contributed by atoms with Gasteiger partial charge in [0, 0.05) is 17.1 Å². The molecule has 20 heavy (non-hydrogen) atoms. The lowest BCUT2D eigenvalue weighted by atomic mass is 10.0. The number of benzene rings is 1. The zero-order chi connectivity index (χ0) is 14.8. The zero-order valence-corrected chi connectivity index (χ0v) is 13.0. The Kier molecular flexibility index (Phi) is 4.65. The summed E-state index contributed by atoms with van der Waals surface area (Å²) in [6.07, 6.45) is 0. The van der Waals surface area contributed by atoms with Gasteiger partial charge in [-0.3, -0.25) is 4.79 Å². The fourth-order valence-corrected chi connectivity index (χ4v) is 4.61. The minimum absolute atomic E-state index is 0.365. The fourth-order valence-electron chi connectivity index (χ4n) is 1.75. The van der Waals surface area contributed by atoms with Crippen molar-refractivity contribution in [1.82, 2.24) is 5.32 Å². The molecule has 1 heterocycles. The van der Waals surface area contributed by atoms with Crippen molar-refractivity contribution in [1.29, 1.82) is 0 Å². The number of carbonyl (C=O) groups excluding carboxylic acids is 1. The van der Waals surface area contributed by atoms with Gasteiger partial charge in [-0.05, 0) is 31.5 Å². The molecule has 0 radical (unpaired) electrons. The molecule has 1 aromatic carbocycles. The van der Waals surface area contributed by atoms with E-state index in [0.717, 1.165) is 11.5 Å². The molecule has 1 aromatic rings. The van der Waals surface area contributed by atoms with Gasteiger partial charge in [0.05, 0.1) is 4.58 Å². The molecule has 0 saturated carbocycles. The molecule has 0 spiro atoms. The van der Waals surface area contributed by atoms with Crippen molar-refractivity contribution in [2.45, 2.75) is 24.0 Å². The van der Waals surface area contributed by atoms with Crippen LogP contribution in [0.3, 0.4) is 0 Å². The molecule has 0 bridgehead atoms. The Morgan fingerprint density at radius 1 is 1.20 bits per heavy atom. The van der Waals surface area contributed by atoms with E-state index >= 15 is 0 Å². The van der Waals surface area contributed by atoms with Crippen LogP contribution < -0.4 is 5.32 Å². The summed E-state index contributed by atoms with van der Waals surface area (Å²) in [6.45, 7) is 2.93. The molecule has 0 aliphatic carbocycles. The van der Waals surface area contributed by atoms with Gasteiger partial charge in [-0.2, -0.15) is 0 Å². The van der Waals surface area contributed by atoms with Crippen LogP contribution in [0.25, 0.3) is 0 Å². The van der Waals surface area contributed by atoms with Gasteiger partial charge in [-0.25, -0.2) is 4.79 Å². The van der Waals surface area contributed by atoms with Crippen LogP contribution in [0.5, 0.6) is 0 Å². The number of carboxylic acid groups (broad SMARTS) is 1. The average Bonchev–Trinajstić information content (AvgIpc) is 2.92. The predicted molar refractivity (Wildman–Crippen MR) is 83.3 cm³/mol. The first-order valence-electron chi connectivity index (χ1n) is 6.29. The number of aliphatic carboxylic acids is 1. The summed E-state index contributed by atoms with van der Waals surface area (Å²) < 4.78 is 0.447. The number of carboxylic acids is 1. The minimum Gasteiger partial charge on any atom is -0.480 e. The van der Waals surface area contributed by atoms with Crippen molar-refractivity contribution in [3.8, 4) is 0 Å². The van der Waals surface area contributed by atoms with Crippen LogP contribution in [-0.2, 0) is 4.79 Å². The molecular formula is C14H17NO3S2. The number of thioether (sulfide) groups is 2. The minimum atomic E-state index is -1.27. The molecule has 0 unspecified atom stereocenters. The maximum absolute atomic E-state index is 12.0. The Bertz CT molecular complexity index is 508. The van der Waals surface area contributed by atoms with Crippen LogP contribution in [0.4, 0.5) is 0 Å². The quantitative estimate of drug-likeness (QED) is 0.895. The van der Waals surface area contributed by atoms with Crippen LogP contribution in [0.15, 0.2) is 24.3 Å². The fraction of sp³-hybridized carbons (Fsp3) is 0.429. The number of nitrogens with one attached hydrogen (secondary N) is 1. The molecule has 1 amide bonds. The Morgan fingerprint density at radius 3 is 2.25 bits per heavy atom. The standard InChI is InChI=1S/C14H17NO3S2/c1-14(2,13(17)18)15-11(16)9-3-5-10(6-4-9)12-19-7-8-20-12/h3-6,12H,7-8H2,1-2H3,(H,15,16)(H,17,18). The van der Waals surface area contributed by atoms with Gasteiger partial charge >= 0.3 is 5.97 Å². The van der Waals surface area contributed by atoms with Crippen molar-refractivity contribution in [3.63, 3.8) is 0 Å². The predicted octanol–water partition coefficient (Wildman–Crippen LogP) is 2.76. The topological polar surface area (TPSA) is 66.4 Å². The largest absolute Gasteiger partial charge is 0.480 e. The van der Waals surface area contributed by atoms with Crippen molar-refractivity contribution < 1.29 is 14.7 Å². The van der Waals surface area contributed by atoms with Crippen LogP contribution in [0.2, 0.25) is 0 Å². The van der Waals surface area contributed by atoms with Crippen molar-refractivity contribution in [2.75, 3.05) is 11.5 Å². The molecule has 1 aliphatic heterocycles. The molecule has 0 aromatic heterocycles. The highest BCUT2D eigenvalue weighted by Crippen LogP contribution is 2.45. The van der Waals surface area contributed by atoms with Gasteiger partial charge in [-0.1, -0.05) is 12.1 Å². The lowest BCUT2D eigenvalue weighted by Gasteiger charge is -2.21. The third kappa shape index (κ3) is 3.49. The SMILES string of the molecule is CC(C)(NC(=O)c1ccc(C2SCCS2)cc1)C(=O)O. The summed E-state index contributed by atoms with van der Waals surface area (Å²) in [5.74, 6) is 0.895. The third-order valence-electron chi connectivity index (χ3n) is 3.03. The summed E-state index contributed by atoms with van der Waals surface area (Å²) >= 11 is 3.82. The van der Waals surface area contributed by atoms with E-state index in [1.807, 2.05) is 35.7 Å². The van der Waals surface area contributed by atoms with Crippen molar-refractivity contribution >= 4 is 35.4 Å². The smallest absolute Gasteiger partial charge is 0.328 e. The van der Waals surface area contributed by atoms with Crippen LogP contribution in [0.1, 0.15) is 34.4 Å². The van der Waals surface area contributed by atoms with E-state index in [2.05, 4.69) is 5.32 Å². The molecule has 4 nitrogen and oxygen atoms in total. The highest BCUT2D eigenvalue weighted by Gasteiger charge is 2.29. The molecule has 6 heteroatoms. The monoisotopic (exact) mass is 311 g/mol. The van der Waals surface area contributed by atoms with E-state index in [9.17, 15) is 9.59 Å². The Labute approximate surface area is 126 Å². The number of carbonyl (C=O) groups is 2. The van der Waals surface area contributed by atoms with E-state index in [-0.39, 0.29) is 5.91 Å². The van der Waals surface area contributed by atoms with Crippen LogP contribution >= 0.6 is 23.5 Å². The lowest BCUT2D eigenvalue weighted by molar-refractivity contribution is -0.143. The Hall–Kier alpha value is -1.14. The second-order valence-corrected chi connectivity index (χ2v) is 7.80. The molecule has 108 valence electrons. The highest BCUT2D eigenvalue weighted by molar-refractivity contribution is 8.19. The number of hydrogen-bond donors (Lipinski definition) is 2. The average molecular weight is 311 g/mol. The second-order valence-electron chi connectivity index (χ2n) is 5.08. The van der Waals surface area contributed by atoms with Gasteiger partial charge in [-0.15, -0.1) is 23.5 Å². The first-order valence-corrected chi connectivity index (χ1v) is 8.39. The second kappa shape index (κ2) is 6.10. The maximum atomic E-state index is 12.0. The van der Waals surface area contributed by atoms with Crippen LogP contribution in [-0.4, -0.2) is 34.0 Å². The first kappa shape index (κ1) is 15.3. The van der Waals surface area contributed by atoms with E-state index in [1.165, 1.54) is 19.4 Å². The van der Waals surface area contributed by atoms with Gasteiger partial charge in [0.25, 0.3) is 5.91 Å². The summed E-state index contributed by atoms with van der Waals surface area (Å²) in [5.41, 5.74) is 0.412. The zero-order valence-electron chi connectivity index (χ0n) is 11.4. The maximum Gasteiger partial charge on any atom is 0.328 e. The van der Waals surface area contributed by atoms with Crippen molar-refractivity contribution in [3.05, 3.63) is 35.4 Å². The summed E-state index contributed by atoms with van der Waals surface area (Å²) in [5, 5.41) is 11.5. The highest BCUT2D eigenvalue weighted by atomic mass is 32.2. The van der Waals surface area contributed by atoms with Gasteiger partial charge in [0.1, 0.15) is 5.54 Å². The molecule has 2 N–H and O–H groups in total. The molecular weight excluding hydrogens is 294 g/mol. The van der Waals surface area contributed by atoms with E-state index in [4.69, 9.17) is 5.11 Å². The van der Waals surface area contributed by atoms with E-state index < -0.39 is 11.5 Å². The lowest BCUT2D eigenvalue weighted by Crippen LogP contribution is -2.49. The van der Waals surface area contributed by atoms with Crippen molar-refractivity contribution in [2.24, 2.45) is 0 Å². The third-order valence-corrected chi connectivity index (χ3v) is 6.13. The molecule has 2 rings (SSSR count). The molecule has 0 atom stereocenters. The normalized spacial score (nSPS) is 16.1. The summed E-state index contributed by atoms with van der Waals surface area (Å²) in [6, 6.07) is 7.39. The van der Waals surface area contributed by atoms with Gasteiger partial charge in [0.15, 0.2) is 0 Å². The van der Waals surface area contributed by atoms with Gasteiger partial charge in [0.2, 0.25) is 0 Å². The summed E-state index contributed by atoms with van der Waals surface area (Å²) in [4.78, 5) is 23.0. The van der Waals surface area contributed by atoms with Gasteiger partial charge < -0.3 is 10.4 Å². The number of rotatable bonds is 4.